The molecule has 0 amide bonds. The molecule has 0 N–H and O–H groups in total. The minimum absolute atomic E-state index is 0.461. The molecule has 2 fully saturated rings. The lowest BCUT2D eigenvalue weighted by molar-refractivity contribution is 0.0541. The number of rotatable bonds is 5. The lowest BCUT2D eigenvalue weighted by Gasteiger charge is -2.31. The predicted molar refractivity (Wildman–Crippen MR) is 75.9 cm³/mol. The van der Waals surface area contributed by atoms with E-state index >= 15 is 0 Å². The highest BCUT2D eigenvalue weighted by molar-refractivity contribution is 5.09. The van der Waals surface area contributed by atoms with Crippen LogP contribution in [0, 0.1) is 0 Å². The van der Waals surface area contributed by atoms with Crippen LogP contribution in [0.4, 0.5) is 0 Å². The fourth-order valence-electron chi connectivity index (χ4n) is 3.38. The molecule has 3 nitrogen and oxygen atoms in total. The van der Waals surface area contributed by atoms with Crippen molar-refractivity contribution < 1.29 is 4.74 Å². The van der Waals surface area contributed by atoms with Crippen LogP contribution in [0.2, 0.25) is 0 Å². The van der Waals surface area contributed by atoms with Gasteiger partial charge in [0.2, 0.25) is 0 Å². The van der Waals surface area contributed by atoms with Gasteiger partial charge in [0.1, 0.15) is 0 Å². The van der Waals surface area contributed by atoms with Crippen LogP contribution in [0.15, 0.2) is 24.5 Å². The average Bonchev–Trinajstić information content (AvgIpc) is 3.12. The molecule has 3 heteroatoms. The van der Waals surface area contributed by atoms with Crippen LogP contribution in [0.5, 0.6) is 0 Å². The monoisotopic (exact) mass is 260 g/mol. The first kappa shape index (κ1) is 13.1. The largest absolute Gasteiger partial charge is 0.377 e. The number of hydrogen-bond acceptors (Lipinski definition) is 3. The highest BCUT2D eigenvalue weighted by atomic mass is 16.5. The van der Waals surface area contributed by atoms with Crippen LogP contribution in [0.3, 0.4) is 0 Å². The van der Waals surface area contributed by atoms with Crippen LogP contribution >= 0.6 is 0 Å². The first-order chi connectivity index (χ1) is 9.42. The van der Waals surface area contributed by atoms with Crippen LogP contribution in [-0.4, -0.2) is 35.2 Å². The fourth-order valence-corrected chi connectivity index (χ4v) is 3.38. The number of hydrogen-bond donors (Lipinski definition) is 0. The third-order valence-electron chi connectivity index (χ3n) is 4.44. The van der Waals surface area contributed by atoms with E-state index in [0.29, 0.717) is 6.10 Å². The number of ether oxygens (including phenoxy) is 1. The molecule has 3 rings (SSSR count). The third-order valence-corrected chi connectivity index (χ3v) is 4.44. The van der Waals surface area contributed by atoms with E-state index in [1.165, 1.54) is 44.1 Å². The van der Waals surface area contributed by atoms with Gasteiger partial charge < -0.3 is 4.74 Å². The minimum Gasteiger partial charge on any atom is -0.377 e. The van der Waals surface area contributed by atoms with Gasteiger partial charge in [-0.2, -0.15) is 0 Å². The van der Waals surface area contributed by atoms with E-state index < -0.39 is 0 Å². The highest BCUT2D eigenvalue weighted by Crippen LogP contribution is 2.26. The van der Waals surface area contributed by atoms with Crippen molar-refractivity contribution in [3.63, 3.8) is 0 Å². The molecule has 1 saturated carbocycles. The lowest BCUT2D eigenvalue weighted by Crippen LogP contribution is -2.38. The van der Waals surface area contributed by atoms with Gasteiger partial charge in [0.15, 0.2) is 0 Å². The molecule has 1 atom stereocenters. The molecule has 1 aliphatic heterocycles. The van der Waals surface area contributed by atoms with E-state index in [-0.39, 0.29) is 0 Å². The van der Waals surface area contributed by atoms with Gasteiger partial charge in [0.25, 0.3) is 0 Å². The van der Waals surface area contributed by atoms with Crippen molar-refractivity contribution in [3.8, 4) is 0 Å². The standard InChI is InChI=1S/C16H24N2O/c1-2-5-15(4-1)18(13-16-6-3-11-19-16)12-14-7-9-17-10-8-14/h7-10,15-16H,1-6,11-13H2. The van der Waals surface area contributed by atoms with Crippen molar-refractivity contribution in [2.45, 2.75) is 57.2 Å². The Bertz CT molecular complexity index is 370. The van der Waals surface area contributed by atoms with Crippen LogP contribution in [0.25, 0.3) is 0 Å². The molecular weight excluding hydrogens is 236 g/mol. The summed E-state index contributed by atoms with van der Waals surface area (Å²) in [7, 11) is 0. The summed E-state index contributed by atoms with van der Waals surface area (Å²) >= 11 is 0. The molecule has 1 aromatic heterocycles. The number of aromatic nitrogens is 1. The molecule has 2 aliphatic rings. The van der Waals surface area contributed by atoms with Gasteiger partial charge in [-0.3, -0.25) is 9.88 Å². The molecule has 0 spiro atoms. The van der Waals surface area contributed by atoms with Crippen molar-refractivity contribution >= 4 is 0 Å². The average molecular weight is 260 g/mol. The summed E-state index contributed by atoms with van der Waals surface area (Å²) in [5, 5.41) is 0. The van der Waals surface area contributed by atoms with Gasteiger partial charge in [-0.15, -0.1) is 0 Å². The Labute approximate surface area is 116 Å². The molecule has 19 heavy (non-hydrogen) atoms. The summed E-state index contributed by atoms with van der Waals surface area (Å²) in [6.45, 7) is 3.11. The summed E-state index contributed by atoms with van der Waals surface area (Å²) in [4.78, 5) is 6.76. The minimum atomic E-state index is 0.461. The normalized spacial score (nSPS) is 24.4. The van der Waals surface area contributed by atoms with Gasteiger partial charge in [-0.1, -0.05) is 12.8 Å². The van der Waals surface area contributed by atoms with Gasteiger partial charge in [-0.25, -0.2) is 0 Å². The summed E-state index contributed by atoms with van der Waals surface area (Å²) in [6.07, 6.45) is 12.2. The first-order valence-electron chi connectivity index (χ1n) is 7.66. The fraction of sp³-hybridized carbons (Fsp3) is 0.688. The lowest BCUT2D eigenvalue weighted by atomic mass is 10.1. The zero-order chi connectivity index (χ0) is 12.9. The molecule has 1 unspecified atom stereocenters. The maximum atomic E-state index is 5.83. The van der Waals surface area contributed by atoms with Crippen molar-refractivity contribution in [1.82, 2.24) is 9.88 Å². The second-order valence-electron chi connectivity index (χ2n) is 5.86. The number of nitrogens with zero attached hydrogens (tertiary/aromatic N) is 2. The van der Waals surface area contributed by atoms with Crippen LogP contribution in [0.1, 0.15) is 44.1 Å². The molecule has 0 radical (unpaired) electrons. The Balaban J connectivity index is 1.64. The molecular formula is C16H24N2O. The van der Waals surface area contributed by atoms with Crippen LogP contribution in [-0.2, 0) is 11.3 Å². The van der Waals surface area contributed by atoms with Crippen LogP contribution < -0.4 is 0 Å². The van der Waals surface area contributed by atoms with E-state index in [0.717, 1.165) is 25.7 Å². The van der Waals surface area contributed by atoms with E-state index in [1.54, 1.807) is 0 Å². The predicted octanol–water partition coefficient (Wildman–Crippen LogP) is 3.01. The van der Waals surface area contributed by atoms with E-state index in [2.05, 4.69) is 22.0 Å². The van der Waals surface area contributed by atoms with Gasteiger partial charge in [-0.05, 0) is 43.4 Å². The van der Waals surface area contributed by atoms with E-state index in [9.17, 15) is 0 Å². The zero-order valence-electron chi connectivity index (χ0n) is 11.6. The zero-order valence-corrected chi connectivity index (χ0v) is 11.6. The van der Waals surface area contributed by atoms with Crippen molar-refractivity contribution in [1.29, 1.82) is 0 Å². The Morgan fingerprint density at radius 1 is 1.11 bits per heavy atom. The van der Waals surface area contributed by atoms with E-state index in [1.807, 2.05) is 12.4 Å². The molecule has 0 aromatic carbocycles. The summed E-state index contributed by atoms with van der Waals surface area (Å²) in [5.41, 5.74) is 1.37. The Hall–Kier alpha value is -0.930. The SMILES string of the molecule is c1cc(CN(CC2CCCO2)C2CCCC2)ccn1. The number of pyridine rings is 1. The van der Waals surface area contributed by atoms with Crippen molar-refractivity contribution in [2.75, 3.05) is 13.2 Å². The Kier molecular flexibility index (Phi) is 4.46. The summed E-state index contributed by atoms with van der Waals surface area (Å²) in [5.74, 6) is 0. The molecule has 1 aromatic rings. The van der Waals surface area contributed by atoms with Crippen molar-refractivity contribution in [3.05, 3.63) is 30.1 Å². The van der Waals surface area contributed by atoms with E-state index in [4.69, 9.17) is 4.74 Å². The summed E-state index contributed by atoms with van der Waals surface area (Å²) < 4.78 is 5.83. The topological polar surface area (TPSA) is 25.4 Å². The smallest absolute Gasteiger partial charge is 0.0703 e. The van der Waals surface area contributed by atoms with Gasteiger partial charge in [0, 0.05) is 38.1 Å². The Morgan fingerprint density at radius 3 is 2.58 bits per heavy atom. The second kappa shape index (κ2) is 6.49. The molecule has 2 heterocycles. The first-order valence-corrected chi connectivity index (χ1v) is 7.66. The molecule has 1 saturated heterocycles. The summed E-state index contributed by atoms with van der Waals surface area (Å²) in [6, 6.07) is 5.03. The van der Waals surface area contributed by atoms with Gasteiger partial charge in [0.05, 0.1) is 6.10 Å². The quantitative estimate of drug-likeness (QED) is 0.813. The molecule has 1 aliphatic carbocycles. The molecule has 104 valence electrons. The molecule has 0 bridgehead atoms. The van der Waals surface area contributed by atoms with Gasteiger partial charge >= 0.3 is 0 Å². The third kappa shape index (κ3) is 3.54. The maximum Gasteiger partial charge on any atom is 0.0703 e. The Morgan fingerprint density at radius 2 is 1.89 bits per heavy atom. The van der Waals surface area contributed by atoms with Crippen molar-refractivity contribution in [2.24, 2.45) is 0 Å². The highest BCUT2D eigenvalue weighted by Gasteiger charge is 2.26. The second-order valence-corrected chi connectivity index (χ2v) is 5.86. The maximum absolute atomic E-state index is 5.83.